The number of amides is 2. The maximum Gasteiger partial charge on any atom is 0.407 e. The number of alkyl carbamates (subject to hydrolysis) is 1. The molecule has 1 aromatic heterocycles. The van der Waals surface area contributed by atoms with E-state index >= 15 is 0 Å². The van der Waals surface area contributed by atoms with Gasteiger partial charge in [-0.3, -0.25) is 4.79 Å². The molecule has 1 heterocycles. The average Bonchev–Trinajstić information content (AvgIpc) is 2.34. The van der Waals surface area contributed by atoms with Crippen molar-refractivity contribution in [1.29, 1.82) is 0 Å². The lowest BCUT2D eigenvalue weighted by molar-refractivity contribution is 0.0465. The van der Waals surface area contributed by atoms with Gasteiger partial charge >= 0.3 is 6.09 Å². The highest BCUT2D eigenvalue weighted by molar-refractivity contribution is 9.10. The molecule has 0 spiro atoms. The summed E-state index contributed by atoms with van der Waals surface area (Å²) < 4.78 is 6.02. The number of carbonyl (C=O) groups is 2. The minimum atomic E-state index is -0.505. The highest BCUT2D eigenvalue weighted by atomic mass is 79.9. The molecule has 1 aliphatic carbocycles. The Balaban J connectivity index is 1.72. The summed E-state index contributed by atoms with van der Waals surface area (Å²) in [6.07, 6.45) is 2.56. The zero-order valence-electron chi connectivity index (χ0n) is 12.9. The fourth-order valence-electron chi connectivity index (χ4n) is 2.10. The van der Waals surface area contributed by atoms with Gasteiger partial charge in [0.05, 0.1) is 0 Å². The summed E-state index contributed by atoms with van der Waals surface area (Å²) in [7, 11) is 0. The summed E-state index contributed by atoms with van der Waals surface area (Å²) >= 11 is 3.28. The monoisotopic (exact) mass is 369 g/mol. The number of aromatic nitrogens is 1. The molecule has 22 heavy (non-hydrogen) atoms. The minimum Gasteiger partial charge on any atom is -0.444 e. The van der Waals surface area contributed by atoms with Crippen molar-refractivity contribution in [3.63, 3.8) is 0 Å². The van der Waals surface area contributed by atoms with Gasteiger partial charge in [-0.05, 0) is 61.7 Å². The Morgan fingerprint density at radius 3 is 2.41 bits per heavy atom. The van der Waals surface area contributed by atoms with Gasteiger partial charge in [0.25, 0.3) is 5.91 Å². The van der Waals surface area contributed by atoms with E-state index in [9.17, 15) is 9.59 Å². The molecule has 120 valence electrons. The van der Waals surface area contributed by atoms with Crippen LogP contribution in [0.25, 0.3) is 0 Å². The van der Waals surface area contributed by atoms with Crippen molar-refractivity contribution in [3.8, 4) is 0 Å². The molecule has 0 atom stereocenters. The Labute approximate surface area is 138 Å². The van der Waals surface area contributed by atoms with Crippen LogP contribution in [0.5, 0.6) is 0 Å². The Hall–Kier alpha value is -1.63. The molecular weight excluding hydrogens is 350 g/mol. The van der Waals surface area contributed by atoms with E-state index in [1.807, 2.05) is 20.8 Å². The van der Waals surface area contributed by atoms with Crippen LogP contribution in [0.4, 0.5) is 4.79 Å². The van der Waals surface area contributed by atoms with E-state index in [4.69, 9.17) is 4.74 Å². The second kappa shape index (κ2) is 6.64. The van der Waals surface area contributed by atoms with Gasteiger partial charge in [-0.15, -0.1) is 0 Å². The molecule has 6 nitrogen and oxygen atoms in total. The SMILES string of the molecule is CC(C)(C)OC(=O)NC1CC(NC(=O)c2ccc(Br)cn2)C1. The Morgan fingerprint density at radius 1 is 1.23 bits per heavy atom. The molecule has 1 aliphatic rings. The molecule has 2 N–H and O–H groups in total. The van der Waals surface area contributed by atoms with Crippen molar-refractivity contribution < 1.29 is 14.3 Å². The number of rotatable bonds is 3. The van der Waals surface area contributed by atoms with E-state index < -0.39 is 11.7 Å². The summed E-state index contributed by atoms with van der Waals surface area (Å²) in [5.41, 5.74) is -0.124. The number of ether oxygens (including phenoxy) is 1. The van der Waals surface area contributed by atoms with Crippen LogP contribution >= 0.6 is 15.9 Å². The first-order chi connectivity index (χ1) is 10.2. The molecule has 0 bridgehead atoms. The first-order valence-corrected chi connectivity index (χ1v) is 7.94. The van der Waals surface area contributed by atoms with Crippen molar-refractivity contribution in [2.24, 2.45) is 0 Å². The smallest absolute Gasteiger partial charge is 0.407 e. The van der Waals surface area contributed by atoms with Crippen LogP contribution in [0.3, 0.4) is 0 Å². The summed E-state index contributed by atoms with van der Waals surface area (Å²) in [6.45, 7) is 5.46. The van der Waals surface area contributed by atoms with Crippen molar-refractivity contribution in [2.75, 3.05) is 0 Å². The number of nitrogens with one attached hydrogen (secondary N) is 2. The van der Waals surface area contributed by atoms with Gasteiger partial charge < -0.3 is 15.4 Å². The van der Waals surface area contributed by atoms with Crippen LogP contribution in [0.1, 0.15) is 44.1 Å². The Kier molecular flexibility index (Phi) is 5.05. The highest BCUT2D eigenvalue weighted by Gasteiger charge is 2.32. The third-order valence-electron chi connectivity index (χ3n) is 3.15. The fourth-order valence-corrected chi connectivity index (χ4v) is 2.33. The van der Waals surface area contributed by atoms with E-state index in [-0.39, 0.29) is 18.0 Å². The molecule has 2 amide bonds. The second-order valence-corrected chi connectivity index (χ2v) is 7.26. The van der Waals surface area contributed by atoms with E-state index in [0.717, 1.165) is 4.47 Å². The van der Waals surface area contributed by atoms with Crippen LogP contribution in [0.2, 0.25) is 0 Å². The molecule has 0 saturated heterocycles. The molecular formula is C15H20BrN3O3. The average molecular weight is 370 g/mol. The van der Waals surface area contributed by atoms with E-state index in [1.54, 1.807) is 18.3 Å². The zero-order valence-corrected chi connectivity index (χ0v) is 14.4. The maximum atomic E-state index is 12.0. The Morgan fingerprint density at radius 2 is 1.86 bits per heavy atom. The first-order valence-electron chi connectivity index (χ1n) is 7.15. The second-order valence-electron chi connectivity index (χ2n) is 6.35. The number of halogens is 1. The number of pyridine rings is 1. The highest BCUT2D eigenvalue weighted by Crippen LogP contribution is 2.21. The predicted molar refractivity (Wildman–Crippen MR) is 85.6 cm³/mol. The minimum absolute atomic E-state index is 0.0398. The normalized spacial score (nSPS) is 20.7. The molecule has 1 aromatic rings. The van der Waals surface area contributed by atoms with Gasteiger partial charge in [0, 0.05) is 22.8 Å². The van der Waals surface area contributed by atoms with Crippen molar-refractivity contribution in [2.45, 2.75) is 51.3 Å². The van der Waals surface area contributed by atoms with Crippen LogP contribution in [-0.2, 0) is 4.74 Å². The molecule has 0 unspecified atom stereocenters. The third-order valence-corrected chi connectivity index (χ3v) is 3.62. The van der Waals surface area contributed by atoms with Gasteiger partial charge in [-0.1, -0.05) is 0 Å². The van der Waals surface area contributed by atoms with E-state index in [1.165, 1.54) is 0 Å². The van der Waals surface area contributed by atoms with E-state index in [0.29, 0.717) is 18.5 Å². The summed E-state index contributed by atoms with van der Waals surface area (Å²) in [5.74, 6) is -0.201. The standard InChI is InChI=1S/C15H20BrN3O3/c1-15(2,3)22-14(21)19-11-6-10(7-11)18-13(20)12-5-4-9(16)8-17-12/h4-5,8,10-11H,6-7H2,1-3H3,(H,18,20)(H,19,21). The van der Waals surface area contributed by atoms with Crippen LogP contribution < -0.4 is 10.6 Å². The molecule has 0 aromatic carbocycles. The molecule has 0 aliphatic heterocycles. The van der Waals surface area contributed by atoms with Crippen molar-refractivity contribution >= 4 is 27.9 Å². The lowest BCUT2D eigenvalue weighted by Gasteiger charge is -2.36. The van der Waals surface area contributed by atoms with Crippen LogP contribution in [-0.4, -0.2) is 34.7 Å². The zero-order chi connectivity index (χ0) is 16.3. The van der Waals surface area contributed by atoms with Gasteiger partial charge in [-0.2, -0.15) is 0 Å². The number of hydrogen-bond donors (Lipinski definition) is 2. The summed E-state index contributed by atoms with van der Waals surface area (Å²) in [4.78, 5) is 27.6. The maximum absolute atomic E-state index is 12.0. The molecule has 2 rings (SSSR count). The van der Waals surface area contributed by atoms with Crippen molar-refractivity contribution in [3.05, 3.63) is 28.5 Å². The van der Waals surface area contributed by atoms with Gasteiger partial charge in [0.15, 0.2) is 0 Å². The lowest BCUT2D eigenvalue weighted by Crippen LogP contribution is -2.54. The first kappa shape index (κ1) is 16.7. The van der Waals surface area contributed by atoms with Crippen LogP contribution in [0.15, 0.2) is 22.8 Å². The quantitative estimate of drug-likeness (QED) is 0.857. The lowest BCUT2D eigenvalue weighted by atomic mass is 9.87. The fraction of sp³-hybridized carbons (Fsp3) is 0.533. The molecule has 1 saturated carbocycles. The van der Waals surface area contributed by atoms with Gasteiger partial charge in [0.2, 0.25) is 0 Å². The third kappa shape index (κ3) is 4.98. The largest absolute Gasteiger partial charge is 0.444 e. The number of nitrogens with zero attached hydrogens (tertiary/aromatic N) is 1. The summed E-state index contributed by atoms with van der Waals surface area (Å²) in [6, 6.07) is 3.53. The van der Waals surface area contributed by atoms with Crippen molar-refractivity contribution in [1.82, 2.24) is 15.6 Å². The van der Waals surface area contributed by atoms with Gasteiger partial charge in [0.1, 0.15) is 11.3 Å². The number of carbonyl (C=O) groups excluding carboxylic acids is 2. The molecule has 7 heteroatoms. The summed E-state index contributed by atoms with van der Waals surface area (Å²) in [5, 5.41) is 5.68. The van der Waals surface area contributed by atoms with E-state index in [2.05, 4.69) is 31.5 Å². The van der Waals surface area contributed by atoms with Crippen LogP contribution in [0, 0.1) is 0 Å². The molecule has 0 radical (unpaired) electrons. The van der Waals surface area contributed by atoms with Gasteiger partial charge in [-0.25, -0.2) is 9.78 Å². The predicted octanol–water partition coefficient (Wildman–Crippen LogP) is 2.63. The molecule has 1 fully saturated rings. The topological polar surface area (TPSA) is 80.3 Å². The number of hydrogen-bond acceptors (Lipinski definition) is 4. The Bertz CT molecular complexity index is 548.